The summed E-state index contributed by atoms with van der Waals surface area (Å²) in [6, 6.07) is 3.73. The average Bonchev–Trinajstić information content (AvgIpc) is 3.02. The number of fused-ring (bicyclic) bond motifs is 2. The maximum Gasteiger partial charge on any atom is 0.224 e. The van der Waals surface area contributed by atoms with Gasteiger partial charge in [-0.1, -0.05) is 6.07 Å². The van der Waals surface area contributed by atoms with Crippen molar-refractivity contribution in [2.75, 3.05) is 6.54 Å². The number of hydrogen-bond donors (Lipinski definition) is 2. The van der Waals surface area contributed by atoms with E-state index in [4.69, 9.17) is 5.73 Å². The van der Waals surface area contributed by atoms with Gasteiger partial charge in [0.1, 0.15) is 11.6 Å². The van der Waals surface area contributed by atoms with E-state index in [1.165, 1.54) is 18.2 Å². The Kier molecular flexibility index (Phi) is 5.40. The molecule has 2 bridgehead atoms. The van der Waals surface area contributed by atoms with Crippen LogP contribution in [0.4, 0.5) is 8.78 Å². The number of benzene rings is 1. The van der Waals surface area contributed by atoms with Crippen LogP contribution in [0.15, 0.2) is 18.2 Å². The van der Waals surface area contributed by atoms with E-state index in [2.05, 4.69) is 5.32 Å². The summed E-state index contributed by atoms with van der Waals surface area (Å²) in [6.07, 6.45) is 3.38. The van der Waals surface area contributed by atoms with Crippen LogP contribution >= 0.6 is 12.4 Å². The van der Waals surface area contributed by atoms with Gasteiger partial charge in [-0.25, -0.2) is 8.78 Å². The molecule has 0 heterocycles. The zero-order chi connectivity index (χ0) is 15.0. The highest BCUT2D eigenvalue weighted by atomic mass is 35.5. The summed E-state index contributed by atoms with van der Waals surface area (Å²) in [6.45, 7) is 0.233. The summed E-state index contributed by atoms with van der Waals surface area (Å²) in [5, 5.41) is 2.79. The summed E-state index contributed by atoms with van der Waals surface area (Å²) in [7, 11) is 0. The van der Waals surface area contributed by atoms with E-state index in [1.807, 2.05) is 0 Å². The largest absolute Gasteiger partial charge is 0.355 e. The molecule has 2 fully saturated rings. The van der Waals surface area contributed by atoms with Gasteiger partial charge in [0, 0.05) is 18.2 Å². The fourth-order valence-electron chi connectivity index (χ4n) is 3.92. The molecule has 3 nitrogen and oxygen atoms in total. The molecular weight excluding hydrogens is 310 g/mol. The summed E-state index contributed by atoms with van der Waals surface area (Å²) in [4.78, 5) is 12.2. The van der Waals surface area contributed by atoms with Crippen LogP contribution < -0.4 is 11.1 Å². The van der Waals surface area contributed by atoms with Crippen molar-refractivity contribution in [1.29, 1.82) is 0 Å². The van der Waals surface area contributed by atoms with E-state index in [0.717, 1.165) is 19.3 Å². The second kappa shape index (κ2) is 6.92. The van der Waals surface area contributed by atoms with Crippen LogP contribution in [0.5, 0.6) is 0 Å². The molecular formula is C16H21ClF2N2O. The van der Waals surface area contributed by atoms with Gasteiger partial charge in [0.15, 0.2) is 0 Å². The number of carbonyl (C=O) groups excluding carboxylic acids is 1. The third kappa shape index (κ3) is 3.10. The standard InChI is InChI=1S/C16H20F2N2O.ClH/c17-12-2-1-3-13(18)11(12)6-7-20-16(21)14-9-4-5-10(8-9)15(14)19;/h1-3,9-10,14-15H,4-8,19H2,(H,20,21);1H. The predicted molar refractivity (Wildman–Crippen MR) is 82.6 cm³/mol. The lowest BCUT2D eigenvalue weighted by Gasteiger charge is -2.27. The minimum absolute atomic E-state index is 0. The van der Waals surface area contributed by atoms with Crippen molar-refractivity contribution in [3.05, 3.63) is 35.4 Å². The minimum atomic E-state index is -0.569. The third-order valence-electron chi connectivity index (χ3n) is 5.02. The van der Waals surface area contributed by atoms with Gasteiger partial charge in [0.2, 0.25) is 5.91 Å². The SMILES string of the molecule is Cl.NC1C2CCC(C2)C1C(=O)NCCc1c(F)cccc1F. The first kappa shape index (κ1) is 17.2. The molecule has 2 saturated carbocycles. The molecule has 3 rings (SSSR count). The van der Waals surface area contributed by atoms with Gasteiger partial charge in [-0.05, 0) is 49.7 Å². The summed E-state index contributed by atoms with van der Waals surface area (Å²) in [5.41, 5.74) is 6.14. The number of carbonyl (C=O) groups is 1. The molecule has 122 valence electrons. The van der Waals surface area contributed by atoms with E-state index in [1.54, 1.807) is 0 Å². The second-order valence-electron chi connectivity index (χ2n) is 6.18. The molecule has 1 aromatic rings. The highest BCUT2D eigenvalue weighted by molar-refractivity contribution is 5.85. The van der Waals surface area contributed by atoms with Crippen molar-refractivity contribution in [2.24, 2.45) is 23.5 Å². The topological polar surface area (TPSA) is 55.1 Å². The fraction of sp³-hybridized carbons (Fsp3) is 0.562. The fourth-order valence-corrected chi connectivity index (χ4v) is 3.92. The van der Waals surface area contributed by atoms with Crippen molar-refractivity contribution >= 4 is 18.3 Å². The van der Waals surface area contributed by atoms with E-state index in [9.17, 15) is 13.6 Å². The lowest BCUT2D eigenvalue weighted by Crippen LogP contribution is -2.45. The monoisotopic (exact) mass is 330 g/mol. The molecule has 2 aliphatic rings. The minimum Gasteiger partial charge on any atom is -0.355 e. The zero-order valence-corrected chi connectivity index (χ0v) is 13.0. The van der Waals surface area contributed by atoms with Crippen LogP contribution in [-0.4, -0.2) is 18.5 Å². The Hall–Kier alpha value is -1.20. The van der Waals surface area contributed by atoms with Gasteiger partial charge in [-0.3, -0.25) is 4.79 Å². The van der Waals surface area contributed by atoms with E-state index >= 15 is 0 Å². The van der Waals surface area contributed by atoms with Crippen molar-refractivity contribution in [2.45, 2.75) is 31.7 Å². The van der Waals surface area contributed by atoms with Crippen molar-refractivity contribution < 1.29 is 13.6 Å². The predicted octanol–water partition coefficient (Wildman–Crippen LogP) is 2.42. The van der Waals surface area contributed by atoms with Gasteiger partial charge >= 0.3 is 0 Å². The molecule has 1 aromatic carbocycles. The quantitative estimate of drug-likeness (QED) is 0.890. The Morgan fingerprint density at radius 2 is 1.86 bits per heavy atom. The Morgan fingerprint density at radius 1 is 1.23 bits per heavy atom. The zero-order valence-electron chi connectivity index (χ0n) is 12.2. The number of hydrogen-bond acceptors (Lipinski definition) is 2. The Balaban J connectivity index is 0.00000176. The average molecular weight is 331 g/mol. The number of amides is 1. The normalized spacial score (nSPS) is 29.2. The van der Waals surface area contributed by atoms with Crippen molar-refractivity contribution in [1.82, 2.24) is 5.32 Å². The third-order valence-corrected chi connectivity index (χ3v) is 5.02. The molecule has 0 spiro atoms. The Morgan fingerprint density at radius 3 is 2.45 bits per heavy atom. The van der Waals surface area contributed by atoms with Gasteiger partial charge < -0.3 is 11.1 Å². The van der Waals surface area contributed by atoms with Crippen LogP contribution in [0.1, 0.15) is 24.8 Å². The molecule has 1 amide bonds. The Bertz CT molecular complexity index is 533. The van der Waals surface area contributed by atoms with Gasteiger partial charge in [-0.15, -0.1) is 12.4 Å². The molecule has 6 heteroatoms. The first-order valence-corrected chi connectivity index (χ1v) is 7.54. The van der Waals surface area contributed by atoms with Crippen LogP contribution in [0, 0.1) is 29.4 Å². The molecule has 4 atom stereocenters. The number of nitrogens with two attached hydrogens (primary N) is 1. The number of halogens is 3. The van der Waals surface area contributed by atoms with Crippen LogP contribution in [0.25, 0.3) is 0 Å². The second-order valence-corrected chi connectivity index (χ2v) is 6.18. The summed E-state index contributed by atoms with van der Waals surface area (Å²) in [5.74, 6) is -0.479. The van der Waals surface area contributed by atoms with E-state index in [0.29, 0.717) is 11.8 Å². The Labute approximate surface area is 135 Å². The lowest BCUT2D eigenvalue weighted by molar-refractivity contribution is -0.127. The first-order chi connectivity index (χ1) is 10.1. The smallest absolute Gasteiger partial charge is 0.224 e. The molecule has 3 N–H and O–H groups in total. The van der Waals surface area contributed by atoms with Gasteiger partial charge in [-0.2, -0.15) is 0 Å². The molecule has 0 saturated heterocycles. The van der Waals surface area contributed by atoms with Crippen molar-refractivity contribution in [3.8, 4) is 0 Å². The van der Waals surface area contributed by atoms with E-state index in [-0.39, 0.29) is 48.8 Å². The highest BCUT2D eigenvalue weighted by Gasteiger charge is 2.48. The van der Waals surface area contributed by atoms with Crippen molar-refractivity contribution in [3.63, 3.8) is 0 Å². The molecule has 4 unspecified atom stereocenters. The van der Waals surface area contributed by atoms with Crippen LogP contribution in [0.2, 0.25) is 0 Å². The van der Waals surface area contributed by atoms with E-state index < -0.39 is 11.6 Å². The molecule has 22 heavy (non-hydrogen) atoms. The van der Waals surface area contributed by atoms with Gasteiger partial charge in [0.25, 0.3) is 0 Å². The van der Waals surface area contributed by atoms with Gasteiger partial charge in [0.05, 0.1) is 5.92 Å². The summed E-state index contributed by atoms with van der Waals surface area (Å²) >= 11 is 0. The molecule has 0 radical (unpaired) electrons. The molecule has 0 aliphatic heterocycles. The summed E-state index contributed by atoms with van der Waals surface area (Å²) < 4.78 is 27.0. The maximum absolute atomic E-state index is 13.5. The number of nitrogens with one attached hydrogen (secondary N) is 1. The van der Waals surface area contributed by atoms with Crippen LogP contribution in [-0.2, 0) is 11.2 Å². The molecule has 0 aromatic heterocycles. The molecule has 2 aliphatic carbocycles. The number of rotatable bonds is 4. The first-order valence-electron chi connectivity index (χ1n) is 7.54. The maximum atomic E-state index is 13.5. The highest BCUT2D eigenvalue weighted by Crippen LogP contribution is 2.47. The van der Waals surface area contributed by atoms with Crippen LogP contribution in [0.3, 0.4) is 0 Å². The lowest BCUT2D eigenvalue weighted by atomic mass is 9.84.